The fraction of sp³-hybridized carbons (Fsp3) is 0.0952. The molecule has 0 atom stereocenters. The van der Waals surface area contributed by atoms with Gasteiger partial charge in [-0.25, -0.2) is 13.4 Å². The molecule has 31 heavy (non-hydrogen) atoms. The Balaban J connectivity index is 1.45. The van der Waals surface area contributed by atoms with Crippen molar-refractivity contribution in [3.63, 3.8) is 0 Å². The summed E-state index contributed by atoms with van der Waals surface area (Å²) in [7, 11) is -3.80. The lowest BCUT2D eigenvalue weighted by Crippen LogP contribution is -2.13. The molecule has 0 spiro atoms. The van der Waals surface area contributed by atoms with Crippen LogP contribution in [0.25, 0.3) is 5.82 Å². The van der Waals surface area contributed by atoms with Crippen molar-refractivity contribution in [3.05, 3.63) is 83.4 Å². The van der Waals surface area contributed by atoms with Crippen LogP contribution in [0.15, 0.2) is 71.9 Å². The van der Waals surface area contributed by atoms with E-state index in [9.17, 15) is 8.42 Å². The fourth-order valence-electron chi connectivity index (χ4n) is 2.81. The van der Waals surface area contributed by atoms with Crippen LogP contribution in [-0.2, 0) is 10.0 Å². The van der Waals surface area contributed by atoms with Crippen LogP contribution in [0.5, 0.6) is 11.6 Å². The van der Waals surface area contributed by atoms with Crippen LogP contribution < -0.4 is 9.46 Å². The third kappa shape index (κ3) is 4.52. The van der Waals surface area contributed by atoms with Crippen molar-refractivity contribution in [1.29, 1.82) is 0 Å². The Morgan fingerprint density at radius 1 is 0.968 bits per heavy atom. The van der Waals surface area contributed by atoms with E-state index in [0.29, 0.717) is 23.1 Å². The quantitative estimate of drug-likeness (QED) is 0.458. The minimum absolute atomic E-state index is 0.00989. The minimum atomic E-state index is -3.80. The van der Waals surface area contributed by atoms with Gasteiger partial charge in [0.05, 0.1) is 10.7 Å². The van der Waals surface area contributed by atoms with Crippen LogP contribution in [0, 0.1) is 13.8 Å². The number of halogens is 1. The lowest BCUT2D eigenvalue weighted by atomic mass is 10.3. The van der Waals surface area contributed by atoms with E-state index < -0.39 is 10.0 Å². The lowest BCUT2D eigenvalue weighted by Gasteiger charge is -2.10. The predicted octanol–water partition coefficient (Wildman–Crippen LogP) is 4.53. The van der Waals surface area contributed by atoms with Crippen molar-refractivity contribution in [2.75, 3.05) is 4.72 Å². The van der Waals surface area contributed by atoms with Gasteiger partial charge in [0.15, 0.2) is 5.82 Å². The van der Waals surface area contributed by atoms with Crippen molar-refractivity contribution in [3.8, 4) is 17.4 Å². The topological polar surface area (TPSA) is 99.0 Å². The van der Waals surface area contributed by atoms with Crippen LogP contribution in [-0.4, -0.2) is 28.2 Å². The van der Waals surface area contributed by atoms with Gasteiger partial charge in [-0.05, 0) is 56.3 Å². The summed E-state index contributed by atoms with van der Waals surface area (Å²) in [5.74, 6) is 1.43. The van der Waals surface area contributed by atoms with Gasteiger partial charge in [0, 0.05) is 17.4 Å². The third-order valence-electron chi connectivity index (χ3n) is 4.58. The number of ether oxygens (including phenoxy) is 1. The van der Waals surface area contributed by atoms with Gasteiger partial charge < -0.3 is 4.74 Å². The highest BCUT2D eigenvalue weighted by Crippen LogP contribution is 2.26. The minimum Gasteiger partial charge on any atom is -0.438 e. The van der Waals surface area contributed by atoms with Gasteiger partial charge in [-0.1, -0.05) is 23.7 Å². The number of anilines is 1. The van der Waals surface area contributed by atoms with E-state index in [1.54, 1.807) is 54.9 Å². The second kappa shape index (κ2) is 8.37. The summed E-state index contributed by atoms with van der Waals surface area (Å²) in [6.45, 7) is 3.88. The van der Waals surface area contributed by atoms with Crippen molar-refractivity contribution >= 4 is 27.3 Å². The number of hydrogen-bond donors (Lipinski definition) is 1. The molecule has 0 amide bonds. The molecule has 0 saturated carbocycles. The molecule has 2 aromatic carbocycles. The molecule has 0 bridgehead atoms. The first-order valence-corrected chi connectivity index (χ1v) is 11.1. The van der Waals surface area contributed by atoms with Gasteiger partial charge in [-0.3, -0.25) is 9.29 Å². The third-order valence-corrected chi connectivity index (χ3v) is 6.46. The average molecular weight is 456 g/mol. The fourth-order valence-corrected chi connectivity index (χ4v) is 4.39. The van der Waals surface area contributed by atoms with Crippen molar-refractivity contribution in [2.24, 2.45) is 0 Å². The summed E-state index contributed by atoms with van der Waals surface area (Å²) in [5, 5.41) is 8.41. The Morgan fingerprint density at radius 3 is 2.32 bits per heavy atom. The number of nitrogens with one attached hydrogen (secondary N) is 1. The molecule has 10 heteroatoms. The molecule has 8 nitrogen and oxygen atoms in total. The van der Waals surface area contributed by atoms with E-state index in [-0.39, 0.29) is 9.92 Å². The van der Waals surface area contributed by atoms with Gasteiger partial charge in [0.25, 0.3) is 10.0 Å². The summed E-state index contributed by atoms with van der Waals surface area (Å²) < 4.78 is 35.1. The molecule has 0 aliphatic carbocycles. The van der Waals surface area contributed by atoms with Crippen LogP contribution >= 0.6 is 11.6 Å². The summed E-state index contributed by atoms with van der Waals surface area (Å²) in [6, 6.07) is 16.2. The normalized spacial score (nSPS) is 11.3. The maximum atomic E-state index is 12.5. The lowest BCUT2D eigenvalue weighted by molar-refractivity contribution is 0.454. The Kier molecular flexibility index (Phi) is 5.62. The van der Waals surface area contributed by atoms with Gasteiger partial charge in [-0.15, -0.1) is 10.2 Å². The molecular formula is C21H18ClN5O3S. The van der Waals surface area contributed by atoms with Crippen molar-refractivity contribution in [2.45, 2.75) is 18.7 Å². The first kappa shape index (κ1) is 20.8. The molecule has 0 aliphatic heterocycles. The second-order valence-electron chi connectivity index (χ2n) is 6.68. The standard InChI is InChI=1S/C21H18ClN5O3S/c1-14-15(2)27(13-23-14)20-11-12-21(25-24-20)30-17-9-7-16(8-10-17)26-31(28,29)19-6-4-3-5-18(19)22/h3-13,26H,1-2H3. The van der Waals surface area contributed by atoms with Gasteiger partial charge in [0.2, 0.25) is 5.88 Å². The first-order valence-electron chi connectivity index (χ1n) is 9.23. The number of aromatic nitrogens is 4. The van der Waals surface area contributed by atoms with E-state index in [1.807, 2.05) is 18.4 Å². The van der Waals surface area contributed by atoms with E-state index in [2.05, 4.69) is 19.9 Å². The summed E-state index contributed by atoms with van der Waals surface area (Å²) >= 11 is 5.99. The van der Waals surface area contributed by atoms with E-state index in [4.69, 9.17) is 16.3 Å². The molecule has 4 aromatic rings. The summed E-state index contributed by atoms with van der Waals surface area (Å²) in [4.78, 5) is 4.26. The van der Waals surface area contributed by atoms with Crippen LogP contribution in [0.3, 0.4) is 0 Å². The monoisotopic (exact) mass is 455 g/mol. The molecule has 0 saturated heterocycles. The maximum absolute atomic E-state index is 12.5. The summed E-state index contributed by atoms with van der Waals surface area (Å²) in [5.41, 5.74) is 2.28. The van der Waals surface area contributed by atoms with Crippen LogP contribution in [0.4, 0.5) is 5.69 Å². The van der Waals surface area contributed by atoms with Gasteiger partial charge >= 0.3 is 0 Å². The van der Waals surface area contributed by atoms with Crippen molar-refractivity contribution < 1.29 is 13.2 Å². The second-order valence-corrected chi connectivity index (χ2v) is 8.74. The summed E-state index contributed by atoms with van der Waals surface area (Å²) in [6.07, 6.45) is 1.69. The molecule has 158 valence electrons. The highest BCUT2D eigenvalue weighted by atomic mass is 35.5. The molecule has 2 heterocycles. The Labute approximate surface area is 184 Å². The number of rotatable bonds is 6. The van der Waals surface area contributed by atoms with Crippen molar-refractivity contribution in [1.82, 2.24) is 19.7 Å². The van der Waals surface area contributed by atoms with E-state index in [1.165, 1.54) is 12.1 Å². The number of nitrogens with zero attached hydrogens (tertiary/aromatic N) is 4. The number of aryl methyl sites for hydroxylation is 1. The van der Waals surface area contributed by atoms with E-state index >= 15 is 0 Å². The molecule has 1 N–H and O–H groups in total. The molecule has 4 rings (SSSR count). The molecule has 0 fully saturated rings. The van der Waals surface area contributed by atoms with Crippen LogP contribution in [0.2, 0.25) is 5.02 Å². The van der Waals surface area contributed by atoms with Crippen LogP contribution in [0.1, 0.15) is 11.4 Å². The molecular weight excluding hydrogens is 438 g/mol. The average Bonchev–Trinajstić information content (AvgIpc) is 3.08. The number of benzene rings is 2. The zero-order valence-electron chi connectivity index (χ0n) is 16.7. The highest BCUT2D eigenvalue weighted by Gasteiger charge is 2.17. The Morgan fingerprint density at radius 2 is 1.71 bits per heavy atom. The van der Waals surface area contributed by atoms with Gasteiger partial charge in [-0.2, -0.15) is 0 Å². The molecule has 0 unspecified atom stereocenters. The maximum Gasteiger partial charge on any atom is 0.263 e. The predicted molar refractivity (Wildman–Crippen MR) is 117 cm³/mol. The SMILES string of the molecule is Cc1ncn(-c2ccc(Oc3ccc(NS(=O)(=O)c4ccccc4Cl)cc3)nn2)c1C. The Bertz CT molecular complexity index is 1320. The number of hydrogen-bond acceptors (Lipinski definition) is 6. The largest absolute Gasteiger partial charge is 0.438 e. The zero-order chi connectivity index (χ0) is 22.0. The highest BCUT2D eigenvalue weighted by molar-refractivity contribution is 7.92. The Hall–Kier alpha value is -3.43. The molecule has 2 aromatic heterocycles. The molecule has 0 aliphatic rings. The number of imidazole rings is 1. The smallest absolute Gasteiger partial charge is 0.263 e. The molecule has 0 radical (unpaired) electrons. The number of sulfonamides is 1. The van der Waals surface area contributed by atoms with E-state index in [0.717, 1.165) is 11.4 Å². The van der Waals surface area contributed by atoms with Gasteiger partial charge in [0.1, 0.15) is 17.0 Å². The zero-order valence-corrected chi connectivity index (χ0v) is 18.2. The first-order chi connectivity index (χ1) is 14.8.